The Kier molecular flexibility index (Phi) is 5.73. The minimum atomic E-state index is -0.734. The molecule has 0 spiro atoms. The van der Waals surface area contributed by atoms with Crippen molar-refractivity contribution in [1.29, 1.82) is 0 Å². The van der Waals surface area contributed by atoms with Crippen LogP contribution in [0.25, 0.3) is 0 Å². The molecule has 1 rings (SSSR count). The van der Waals surface area contributed by atoms with Gasteiger partial charge in [0, 0.05) is 26.1 Å². The Morgan fingerprint density at radius 2 is 2.44 bits per heavy atom. The van der Waals surface area contributed by atoms with Gasteiger partial charge in [0.05, 0.1) is 12.7 Å². The van der Waals surface area contributed by atoms with Crippen LogP contribution < -0.4 is 5.43 Å². The fraction of sp³-hybridized carbons (Fsp3) is 0.909. The molecule has 0 aromatic rings. The first kappa shape index (κ1) is 13.4. The number of nitrogens with one attached hydrogen (secondary N) is 1. The summed E-state index contributed by atoms with van der Waals surface area (Å²) in [6.07, 6.45) is 1.54. The molecule has 1 saturated heterocycles. The van der Waals surface area contributed by atoms with Gasteiger partial charge >= 0.3 is 5.97 Å². The number of hydrazine groups is 1. The number of hydrogen-bond acceptors (Lipinski definition) is 4. The molecule has 2 N–H and O–H groups in total. The highest BCUT2D eigenvalue weighted by Gasteiger charge is 2.19. The van der Waals surface area contributed by atoms with Gasteiger partial charge in [-0.15, -0.1) is 0 Å². The topological polar surface area (TPSA) is 61.8 Å². The summed E-state index contributed by atoms with van der Waals surface area (Å²) >= 11 is 0. The Balaban J connectivity index is 2.18. The van der Waals surface area contributed by atoms with Gasteiger partial charge in [-0.1, -0.05) is 13.8 Å². The van der Waals surface area contributed by atoms with Crippen molar-refractivity contribution in [3.8, 4) is 0 Å². The molecule has 2 unspecified atom stereocenters. The third-order valence-corrected chi connectivity index (χ3v) is 2.78. The van der Waals surface area contributed by atoms with Gasteiger partial charge in [-0.05, 0) is 12.3 Å². The Hall–Kier alpha value is -0.650. The minimum Gasteiger partial charge on any atom is -0.481 e. The minimum absolute atomic E-state index is 0.153. The highest BCUT2D eigenvalue weighted by atomic mass is 16.5. The quantitative estimate of drug-likeness (QED) is 0.704. The third kappa shape index (κ3) is 4.92. The number of aliphatic carboxylic acids is 1. The second kappa shape index (κ2) is 6.83. The van der Waals surface area contributed by atoms with E-state index in [1.54, 1.807) is 0 Å². The number of morpholine rings is 1. The molecule has 5 heteroatoms. The van der Waals surface area contributed by atoms with Crippen LogP contribution in [0.3, 0.4) is 0 Å². The van der Waals surface area contributed by atoms with Crippen molar-refractivity contribution in [2.24, 2.45) is 5.92 Å². The van der Waals surface area contributed by atoms with Crippen LogP contribution in [0.4, 0.5) is 0 Å². The van der Waals surface area contributed by atoms with Crippen molar-refractivity contribution in [2.75, 3.05) is 26.2 Å². The molecule has 1 aliphatic heterocycles. The zero-order valence-electron chi connectivity index (χ0n) is 10.1. The average molecular weight is 230 g/mol. The summed E-state index contributed by atoms with van der Waals surface area (Å²) in [5, 5.41) is 10.8. The van der Waals surface area contributed by atoms with E-state index >= 15 is 0 Å². The summed E-state index contributed by atoms with van der Waals surface area (Å²) in [5.74, 6) is -0.580. The highest BCUT2D eigenvalue weighted by molar-refractivity contribution is 5.66. The van der Waals surface area contributed by atoms with E-state index in [0.29, 0.717) is 12.6 Å². The van der Waals surface area contributed by atoms with Crippen molar-refractivity contribution >= 4 is 5.97 Å². The smallest absolute Gasteiger partial charge is 0.303 e. The lowest BCUT2D eigenvalue weighted by atomic mass is 10.1. The van der Waals surface area contributed by atoms with Gasteiger partial charge in [0.25, 0.3) is 0 Å². The van der Waals surface area contributed by atoms with Crippen LogP contribution in [-0.4, -0.2) is 48.4 Å². The van der Waals surface area contributed by atoms with E-state index in [4.69, 9.17) is 9.84 Å². The van der Waals surface area contributed by atoms with Crippen LogP contribution in [0.5, 0.6) is 0 Å². The second-order valence-electron chi connectivity index (χ2n) is 4.41. The maximum absolute atomic E-state index is 10.5. The molecule has 16 heavy (non-hydrogen) atoms. The Bertz CT molecular complexity index is 223. The van der Waals surface area contributed by atoms with Gasteiger partial charge in [0.1, 0.15) is 0 Å². The Morgan fingerprint density at radius 3 is 3.06 bits per heavy atom. The highest BCUT2D eigenvalue weighted by Crippen LogP contribution is 2.07. The van der Waals surface area contributed by atoms with Crippen LogP contribution in [0, 0.1) is 5.92 Å². The lowest BCUT2D eigenvalue weighted by Crippen LogP contribution is -2.50. The third-order valence-electron chi connectivity index (χ3n) is 2.78. The number of ether oxygens (including phenoxy) is 1. The molecule has 0 amide bonds. The number of nitrogens with zero attached hydrogens (tertiary/aromatic N) is 1. The van der Waals surface area contributed by atoms with Crippen LogP contribution in [-0.2, 0) is 9.53 Å². The molecule has 0 radical (unpaired) electrons. The predicted molar refractivity (Wildman–Crippen MR) is 61.0 cm³/mol. The largest absolute Gasteiger partial charge is 0.481 e. The summed E-state index contributed by atoms with van der Waals surface area (Å²) in [6.45, 7) is 7.27. The van der Waals surface area contributed by atoms with Crippen molar-refractivity contribution < 1.29 is 14.6 Å². The molecule has 0 aromatic heterocycles. The standard InChI is InChI=1S/C11H22N2O3/c1-3-10-8-13(4-5-16-10)12-7-9(2)6-11(14)15/h9-10,12H,3-8H2,1-2H3,(H,14,15). The fourth-order valence-corrected chi connectivity index (χ4v) is 1.77. The average Bonchev–Trinajstić information content (AvgIpc) is 2.26. The van der Waals surface area contributed by atoms with Crippen molar-refractivity contribution in [1.82, 2.24) is 10.4 Å². The van der Waals surface area contributed by atoms with Crippen LogP contribution in [0.2, 0.25) is 0 Å². The summed E-state index contributed by atoms with van der Waals surface area (Å²) in [7, 11) is 0. The van der Waals surface area contributed by atoms with E-state index < -0.39 is 5.97 Å². The molecule has 1 heterocycles. The lowest BCUT2D eigenvalue weighted by Gasteiger charge is -2.33. The first-order valence-corrected chi connectivity index (χ1v) is 5.93. The van der Waals surface area contributed by atoms with Crippen LogP contribution in [0.15, 0.2) is 0 Å². The molecule has 1 aliphatic rings. The van der Waals surface area contributed by atoms with E-state index in [2.05, 4.69) is 17.4 Å². The van der Waals surface area contributed by atoms with Gasteiger partial charge in [0.15, 0.2) is 0 Å². The Labute approximate surface area is 96.7 Å². The van der Waals surface area contributed by atoms with E-state index in [1.807, 2.05) is 6.92 Å². The van der Waals surface area contributed by atoms with Crippen LogP contribution in [0.1, 0.15) is 26.7 Å². The van der Waals surface area contributed by atoms with E-state index in [9.17, 15) is 4.79 Å². The predicted octanol–water partition coefficient (Wildman–Crippen LogP) is 0.713. The molecule has 5 nitrogen and oxygen atoms in total. The van der Waals surface area contributed by atoms with Gasteiger partial charge in [-0.2, -0.15) is 0 Å². The maximum Gasteiger partial charge on any atom is 0.303 e. The molecule has 1 fully saturated rings. The molecular weight excluding hydrogens is 208 g/mol. The summed E-state index contributed by atoms with van der Waals surface area (Å²) < 4.78 is 5.55. The number of carboxylic acid groups (broad SMARTS) is 1. The normalized spacial score (nSPS) is 24.2. The summed E-state index contributed by atoms with van der Waals surface area (Å²) in [6, 6.07) is 0. The van der Waals surface area contributed by atoms with E-state index in [0.717, 1.165) is 26.1 Å². The number of carboxylic acids is 1. The molecule has 0 bridgehead atoms. The summed E-state index contributed by atoms with van der Waals surface area (Å²) in [5.41, 5.74) is 3.28. The maximum atomic E-state index is 10.5. The van der Waals surface area contributed by atoms with E-state index in [-0.39, 0.29) is 12.3 Å². The van der Waals surface area contributed by atoms with Crippen molar-refractivity contribution in [3.05, 3.63) is 0 Å². The fourth-order valence-electron chi connectivity index (χ4n) is 1.77. The SMILES string of the molecule is CCC1CN(NCC(C)CC(=O)O)CCO1. The zero-order chi connectivity index (χ0) is 12.0. The van der Waals surface area contributed by atoms with Gasteiger partial charge in [-0.3, -0.25) is 10.2 Å². The molecule has 0 aliphatic carbocycles. The van der Waals surface area contributed by atoms with Crippen molar-refractivity contribution in [2.45, 2.75) is 32.8 Å². The number of hydrogen-bond donors (Lipinski definition) is 2. The van der Waals surface area contributed by atoms with Gasteiger partial charge in [0.2, 0.25) is 0 Å². The monoisotopic (exact) mass is 230 g/mol. The number of rotatable bonds is 6. The van der Waals surface area contributed by atoms with Gasteiger partial charge in [-0.25, -0.2) is 5.01 Å². The Morgan fingerprint density at radius 1 is 1.69 bits per heavy atom. The second-order valence-corrected chi connectivity index (χ2v) is 4.41. The number of carbonyl (C=O) groups is 1. The first-order chi connectivity index (χ1) is 7.61. The lowest BCUT2D eigenvalue weighted by molar-refractivity contribution is -0.138. The molecule has 94 valence electrons. The van der Waals surface area contributed by atoms with Gasteiger partial charge < -0.3 is 9.84 Å². The zero-order valence-corrected chi connectivity index (χ0v) is 10.1. The van der Waals surface area contributed by atoms with Crippen LogP contribution >= 0.6 is 0 Å². The summed E-state index contributed by atoms with van der Waals surface area (Å²) in [4.78, 5) is 10.5. The molecular formula is C11H22N2O3. The first-order valence-electron chi connectivity index (χ1n) is 5.93. The molecule has 0 saturated carbocycles. The molecule has 0 aromatic carbocycles. The van der Waals surface area contributed by atoms with E-state index in [1.165, 1.54) is 0 Å². The van der Waals surface area contributed by atoms with Crippen molar-refractivity contribution in [3.63, 3.8) is 0 Å². The molecule has 2 atom stereocenters.